The van der Waals surface area contributed by atoms with Crippen LogP contribution in [0.25, 0.3) is 6.08 Å². The maximum atomic E-state index is 12.1. The Kier molecular flexibility index (Phi) is 7.49. The number of hydrogen-bond donors (Lipinski definition) is 2. The molecule has 0 aromatic heterocycles. The molecule has 0 saturated heterocycles. The average molecular weight is 408 g/mol. The van der Waals surface area contributed by atoms with Gasteiger partial charge in [0.05, 0.1) is 13.2 Å². The Morgan fingerprint density at radius 3 is 2.77 bits per heavy atom. The highest BCUT2D eigenvalue weighted by Crippen LogP contribution is 2.35. The van der Waals surface area contributed by atoms with Crippen LogP contribution in [0.3, 0.4) is 0 Å². The number of rotatable bonds is 9. The van der Waals surface area contributed by atoms with Crippen molar-refractivity contribution in [3.05, 3.63) is 65.2 Å². The molecule has 1 aliphatic heterocycles. The van der Waals surface area contributed by atoms with Gasteiger partial charge in [0.15, 0.2) is 0 Å². The summed E-state index contributed by atoms with van der Waals surface area (Å²) in [5.41, 5.74) is 3.04. The van der Waals surface area contributed by atoms with E-state index in [9.17, 15) is 9.59 Å². The van der Waals surface area contributed by atoms with E-state index in [2.05, 4.69) is 10.6 Å². The molecule has 0 aliphatic carbocycles. The summed E-state index contributed by atoms with van der Waals surface area (Å²) in [7, 11) is 0. The summed E-state index contributed by atoms with van der Waals surface area (Å²) >= 11 is 0. The van der Waals surface area contributed by atoms with Gasteiger partial charge in [-0.3, -0.25) is 9.59 Å². The Labute approximate surface area is 177 Å². The minimum absolute atomic E-state index is 0.0684. The van der Waals surface area contributed by atoms with Crippen LogP contribution >= 0.6 is 0 Å². The fourth-order valence-electron chi connectivity index (χ4n) is 3.31. The SMILES string of the molecule is CCOc1cc2c(cc1/C=C/C(=O)NCC(=O)NCCc1ccccc1)OC(C)C2. The lowest BCUT2D eigenvalue weighted by Crippen LogP contribution is -2.37. The highest BCUT2D eigenvalue weighted by atomic mass is 16.5. The first-order chi connectivity index (χ1) is 14.5. The van der Waals surface area contributed by atoms with Gasteiger partial charge in [0, 0.05) is 30.2 Å². The lowest BCUT2D eigenvalue weighted by molar-refractivity contribution is -0.123. The highest BCUT2D eigenvalue weighted by Gasteiger charge is 2.21. The first-order valence-electron chi connectivity index (χ1n) is 10.3. The van der Waals surface area contributed by atoms with Gasteiger partial charge >= 0.3 is 0 Å². The van der Waals surface area contributed by atoms with Gasteiger partial charge in [0.2, 0.25) is 11.8 Å². The van der Waals surface area contributed by atoms with Crippen molar-refractivity contribution >= 4 is 17.9 Å². The van der Waals surface area contributed by atoms with E-state index in [0.717, 1.165) is 41.0 Å². The van der Waals surface area contributed by atoms with Crippen LogP contribution in [0.15, 0.2) is 48.5 Å². The van der Waals surface area contributed by atoms with E-state index in [4.69, 9.17) is 9.47 Å². The summed E-state index contributed by atoms with van der Waals surface area (Å²) in [6.45, 7) is 4.93. The molecule has 0 bridgehead atoms. The number of hydrogen-bond acceptors (Lipinski definition) is 4. The number of ether oxygens (including phenoxy) is 2. The topological polar surface area (TPSA) is 76.7 Å². The number of nitrogens with one attached hydrogen (secondary N) is 2. The van der Waals surface area contributed by atoms with Crippen LogP contribution in [0.2, 0.25) is 0 Å². The van der Waals surface area contributed by atoms with Crippen LogP contribution in [0.1, 0.15) is 30.5 Å². The molecule has 6 heteroatoms. The van der Waals surface area contributed by atoms with Gasteiger partial charge in [0.25, 0.3) is 0 Å². The first-order valence-corrected chi connectivity index (χ1v) is 10.3. The number of amides is 2. The lowest BCUT2D eigenvalue weighted by Gasteiger charge is -2.10. The summed E-state index contributed by atoms with van der Waals surface area (Å²) in [6.07, 6.45) is 4.82. The highest BCUT2D eigenvalue weighted by molar-refractivity contribution is 5.94. The van der Waals surface area contributed by atoms with Crippen molar-refractivity contribution in [1.82, 2.24) is 10.6 Å². The Balaban J connectivity index is 1.48. The van der Waals surface area contributed by atoms with Gasteiger partial charge in [-0.2, -0.15) is 0 Å². The summed E-state index contributed by atoms with van der Waals surface area (Å²) in [5, 5.41) is 5.41. The number of fused-ring (bicyclic) bond motifs is 1. The Morgan fingerprint density at radius 2 is 2.00 bits per heavy atom. The zero-order valence-corrected chi connectivity index (χ0v) is 17.4. The molecule has 0 spiro atoms. The Morgan fingerprint density at radius 1 is 1.20 bits per heavy atom. The molecule has 2 aromatic carbocycles. The largest absolute Gasteiger partial charge is 0.493 e. The van der Waals surface area contributed by atoms with Crippen molar-refractivity contribution in [3.8, 4) is 11.5 Å². The minimum atomic E-state index is -0.342. The molecule has 158 valence electrons. The van der Waals surface area contributed by atoms with Crippen molar-refractivity contribution in [2.75, 3.05) is 19.7 Å². The van der Waals surface area contributed by atoms with Crippen LogP contribution in [0, 0.1) is 0 Å². The standard InChI is InChI=1S/C24H28N2O4/c1-3-29-21-15-20-13-17(2)30-22(20)14-19(21)9-10-23(27)26-16-24(28)25-12-11-18-7-5-4-6-8-18/h4-10,14-15,17H,3,11-13,16H2,1-2H3,(H,25,28)(H,26,27)/b10-9+. The quantitative estimate of drug-likeness (QED) is 0.626. The number of benzene rings is 2. The second-order valence-corrected chi connectivity index (χ2v) is 7.20. The third-order valence-corrected chi connectivity index (χ3v) is 4.74. The molecule has 1 heterocycles. The van der Waals surface area contributed by atoms with Gasteiger partial charge < -0.3 is 20.1 Å². The second-order valence-electron chi connectivity index (χ2n) is 7.20. The number of carbonyl (C=O) groups excluding carboxylic acids is 2. The second kappa shape index (κ2) is 10.5. The normalized spacial score (nSPS) is 14.8. The summed E-state index contributed by atoms with van der Waals surface area (Å²) < 4.78 is 11.5. The fourth-order valence-corrected chi connectivity index (χ4v) is 3.31. The predicted molar refractivity (Wildman–Crippen MR) is 117 cm³/mol. The summed E-state index contributed by atoms with van der Waals surface area (Å²) in [4.78, 5) is 24.0. The van der Waals surface area contributed by atoms with Crippen LogP contribution < -0.4 is 20.1 Å². The molecule has 0 fully saturated rings. The molecule has 2 aromatic rings. The molecular formula is C24H28N2O4. The van der Waals surface area contributed by atoms with Crippen LogP contribution in [-0.4, -0.2) is 37.6 Å². The molecule has 1 aliphatic rings. The molecule has 1 atom stereocenters. The van der Waals surface area contributed by atoms with E-state index in [1.807, 2.05) is 56.3 Å². The van der Waals surface area contributed by atoms with Crippen molar-refractivity contribution < 1.29 is 19.1 Å². The lowest BCUT2D eigenvalue weighted by atomic mass is 10.1. The van der Waals surface area contributed by atoms with Crippen molar-refractivity contribution in [2.24, 2.45) is 0 Å². The van der Waals surface area contributed by atoms with Crippen LogP contribution in [0.4, 0.5) is 0 Å². The third kappa shape index (κ3) is 6.11. The fraction of sp³-hybridized carbons (Fsp3) is 0.333. The van der Waals surface area contributed by atoms with E-state index in [1.165, 1.54) is 6.08 Å². The van der Waals surface area contributed by atoms with E-state index in [-0.39, 0.29) is 24.5 Å². The maximum Gasteiger partial charge on any atom is 0.244 e. The van der Waals surface area contributed by atoms with Gasteiger partial charge in [-0.1, -0.05) is 30.3 Å². The Bertz CT molecular complexity index is 909. The molecular weight excluding hydrogens is 380 g/mol. The molecule has 2 N–H and O–H groups in total. The Hall–Kier alpha value is -3.28. The first kappa shape index (κ1) is 21.4. The molecule has 0 radical (unpaired) electrons. The third-order valence-electron chi connectivity index (χ3n) is 4.74. The van der Waals surface area contributed by atoms with Gasteiger partial charge in [0.1, 0.15) is 17.6 Å². The zero-order chi connectivity index (χ0) is 21.3. The van der Waals surface area contributed by atoms with Crippen LogP contribution in [0.5, 0.6) is 11.5 Å². The molecule has 0 saturated carbocycles. The van der Waals surface area contributed by atoms with Crippen molar-refractivity contribution in [2.45, 2.75) is 32.8 Å². The van der Waals surface area contributed by atoms with Crippen LogP contribution in [-0.2, 0) is 22.4 Å². The monoisotopic (exact) mass is 408 g/mol. The zero-order valence-electron chi connectivity index (χ0n) is 17.4. The van der Waals surface area contributed by atoms with E-state index in [0.29, 0.717) is 13.2 Å². The van der Waals surface area contributed by atoms with Gasteiger partial charge in [-0.05, 0) is 44.0 Å². The molecule has 6 nitrogen and oxygen atoms in total. The summed E-state index contributed by atoms with van der Waals surface area (Å²) in [5.74, 6) is 0.980. The van der Waals surface area contributed by atoms with E-state index in [1.54, 1.807) is 6.08 Å². The molecule has 30 heavy (non-hydrogen) atoms. The van der Waals surface area contributed by atoms with Gasteiger partial charge in [-0.25, -0.2) is 0 Å². The number of carbonyl (C=O) groups is 2. The van der Waals surface area contributed by atoms with E-state index < -0.39 is 0 Å². The smallest absolute Gasteiger partial charge is 0.244 e. The molecule has 3 rings (SSSR count). The summed E-state index contributed by atoms with van der Waals surface area (Å²) in [6, 6.07) is 13.8. The average Bonchev–Trinajstić information content (AvgIpc) is 3.10. The molecule has 2 amide bonds. The van der Waals surface area contributed by atoms with Gasteiger partial charge in [-0.15, -0.1) is 0 Å². The van der Waals surface area contributed by atoms with Crippen molar-refractivity contribution in [3.63, 3.8) is 0 Å². The maximum absolute atomic E-state index is 12.1. The van der Waals surface area contributed by atoms with Crippen molar-refractivity contribution in [1.29, 1.82) is 0 Å². The minimum Gasteiger partial charge on any atom is -0.493 e. The van der Waals surface area contributed by atoms with E-state index >= 15 is 0 Å². The molecule has 1 unspecified atom stereocenters. The predicted octanol–water partition coefficient (Wildman–Crippen LogP) is 2.90.